The molecule has 0 atom stereocenters. The predicted molar refractivity (Wildman–Crippen MR) is 82.3 cm³/mol. The number of hydrogen-bond donors (Lipinski definition) is 0. The van der Waals surface area contributed by atoms with Crippen LogP contribution in [0.3, 0.4) is 0 Å². The molecule has 2 heterocycles. The number of halogens is 7. The fraction of sp³-hybridized carbons (Fsp3) is 0.133. The summed E-state index contributed by atoms with van der Waals surface area (Å²) in [6, 6.07) is 4.50. The van der Waals surface area contributed by atoms with E-state index in [0.29, 0.717) is 10.7 Å². The third kappa shape index (κ3) is 3.87. The van der Waals surface area contributed by atoms with Crippen LogP contribution in [0, 0.1) is 0 Å². The highest BCUT2D eigenvalue weighted by Gasteiger charge is 2.34. The van der Waals surface area contributed by atoms with Crippen LogP contribution in [0.25, 0.3) is 17.2 Å². The third-order valence-electron chi connectivity index (χ3n) is 3.27. The highest BCUT2D eigenvalue weighted by atomic mass is 79.9. The summed E-state index contributed by atoms with van der Waals surface area (Å²) in [5, 5.41) is 0. The molecule has 4 nitrogen and oxygen atoms in total. The van der Waals surface area contributed by atoms with Crippen LogP contribution in [-0.4, -0.2) is 19.5 Å². The second kappa shape index (κ2) is 6.38. The lowest BCUT2D eigenvalue weighted by Crippen LogP contribution is -2.12. The zero-order valence-corrected chi connectivity index (χ0v) is 14.1. The number of benzene rings is 1. The van der Waals surface area contributed by atoms with Gasteiger partial charge in [0.1, 0.15) is 10.9 Å². The molecule has 26 heavy (non-hydrogen) atoms. The maximum atomic E-state index is 13.1. The van der Waals surface area contributed by atoms with Gasteiger partial charge in [0.05, 0.1) is 11.3 Å². The van der Waals surface area contributed by atoms with Crippen molar-refractivity contribution in [2.75, 3.05) is 0 Å². The van der Waals surface area contributed by atoms with Crippen LogP contribution in [0.1, 0.15) is 11.3 Å². The summed E-state index contributed by atoms with van der Waals surface area (Å²) in [7, 11) is 0. The molecule has 0 saturated carbocycles. The van der Waals surface area contributed by atoms with Gasteiger partial charge in [-0.1, -0.05) is 12.1 Å². The summed E-state index contributed by atoms with van der Waals surface area (Å²) in [6.45, 7) is 0. The molecule has 0 saturated heterocycles. The van der Waals surface area contributed by atoms with E-state index >= 15 is 0 Å². The van der Waals surface area contributed by atoms with Gasteiger partial charge < -0.3 is 0 Å². The molecule has 0 spiro atoms. The molecule has 1 aromatic carbocycles. The van der Waals surface area contributed by atoms with E-state index in [1.54, 1.807) is 0 Å². The van der Waals surface area contributed by atoms with Crippen LogP contribution >= 0.6 is 15.9 Å². The molecular formula is C15H7BrF6N4. The highest BCUT2D eigenvalue weighted by molar-refractivity contribution is 9.10. The van der Waals surface area contributed by atoms with Gasteiger partial charge in [-0.2, -0.15) is 26.3 Å². The minimum Gasteiger partial charge on any atom is -0.273 e. The Morgan fingerprint density at radius 2 is 1.65 bits per heavy atom. The van der Waals surface area contributed by atoms with E-state index in [1.165, 1.54) is 18.6 Å². The van der Waals surface area contributed by atoms with Crippen molar-refractivity contribution in [1.82, 2.24) is 19.5 Å². The van der Waals surface area contributed by atoms with Gasteiger partial charge in [0, 0.05) is 11.8 Å². The van der Waals surface area contributed by atoms with Crippen LogP contribution in [-0.2, 0) is 12.4 Å². The lowest BCUT2D eigenvalue weighted by atomic mass is 10.1. The summed E-state index contributed by atoms with van der Waals surface area (Å²) < 4.78 is 79.5. The first-order chi connectivity index (χ1) is 12.0. The average molecular weight is 437 g/mol. The Morgan fingerprint density at radius 3 is 2.23 bits per heavy atom. The Morgan fingerprint density at radius 1 is 0.923 bits per heavy atom. The Balaban J connectivity index is 2.18. The smallest absolute Gasteiger partial charge is 0.273 e. The maximum Gasteiger partial charge on any atom is 0.433 e. The second-order valence-corrected chi connectivity index (χ2v) is 5.93. The average Bonchev–Trinajstić information content (AvgIpc) is 2.99. The Kier molecular flexibility index (Phi) is 4.51. The molecule has 0 bridgehead atoms. The molecule has 0 N–H and O–H groups in total. The molecule has 0 aliphatic rings. The van der Waals surface area contributed by atoms with Crippen molar-refractivity contribution >= 4 is 15.9 Å². The molecule has 0 radical (unpaired) electrons. The van der Waals surface area contributed by atoms with Crippen LogP contribution in [0.5, 0.6) is 0 Å². The predicted octanol–water partition coefficient (Wildman–Crippen LogP) is 5.13. The van der Waals surface area contributed by atoms with E-state index in [9.17, 15) is 26.3 Å². The molecule has 11 heteroatoms. The van der Waals surface area contributed by atoms with Gasteiger partial charge in [-0.3, -0.25) is 4.57 Å². The van der Waals surface area contributed by atoms with Crippen molar-refractivity contribution in [3.63, 3.8) is 0 Å². The Bertz CT molecular complexity index is 948. The minimum atomic E-state index is -4.80. The normalized spacial score (nSPS) is 12.4. The standard InChI is InChI=1S/C15H7BrF6N4/c16-12-6-26(7-23-12)13-24-10(5-11(25-13)15(20,21)22)8-2-1-3-9(4-8)14(17,18)19/h1-7H. The second-order valence-electron chi connectivity index (χ2n) is 5.12. The first kappa shape index (κ1) is 18.4. The highest BCUT2D eigenvalue weighted by Crippen LogP contribution is 2.34. The fourth-order valence-electron chi connectivity index (χ4n) is 2.11. The van der Waals surface area contributed by atoms with Gasteiger partial charge in [0.25, 0.3) is 0 Å². The molecule has 0 amide bonds. The zero-order valence-electron chi connectivity index (χ0n) is 12.5. The number of rotatable bonds is 2. The number of aromatic nitrogens is 4. The van der Waals surface area contributed by atoms with Gasteiger partial charge >= 0.3 is 12.4 Å². The molecule has 0 fully saturated rings. The number of hydrogen-bond acceptors (Lipinski definition) is 3. The molecular weight excluding hydrogens is 430 g/mol. The number of imidazole rings is 1. The fourth-order valence-corrected chi connectivity index (χ4v) is 2.42. The monoisotopic (exact) mass is 436 g/mol. The van der Waals surface area contributed by atoms with Crippen LogP contribution < -0.4 is 0 Å². The van der Waals surface area contributed by atoms with Gasteiger partial charge in [0.15, 0.2) is 5.69 Å². The number of nitrogens with zero attached hydrogens (tertiary/aromatic N) is 4. The SMILES string of the molecule is FC(F)(F)c1cccc(-c2cc(C(F)(F)F)nc(-n3cnc(Br)c3)n2)c1. The molecule has 2 aromatic heterocycles. The first-order valence-corrected chi connectivity index (χ1v) is 7.67. The lowest BCUT2D eigenvalue weighted by Gasteiger charge is -2.12. The van der Waals surface area contributed by atoms with Crippen molar-refractivity contribution in [1.29, 1.82) is 0 Å². The van der Waals surface area contributed by atoms with Crippen molar-refractivity contribution in [2.24, 2.45) is 0 Å². The van der Waals surface area contributed by atoms with Crippen LogP contribution in [0.4, 0.5) is 26.3 Å². The molecule has 0 aliphatic carbocycles. The van der Waals surface area contributed by atoms with E-state index in [0.717, 1.165) is 22.8 Å². The molecule has 3 rings (SSSR count). The first-order valence-electron chi connectivity index (χ1n) is 6.88. The van der Waals surface area contributed by atoms with E-state index in [4.69, 9.17) is 0 Å². The van der Waals surface area contributed by atoms with E-state index in [-0.39, 0.29) is 17.2 Å². The molecule has 3 aromatic rings. The van der Waals surface area contributed by atoms with Crippen molar-refractivity contribution in [3.8, 4) is 17.2 Å². The van der Waals surface area contributed by atoms with Crippen molar-refractivity contribution in [2.45, 2.75) is 12.4 Å². The van der Waals surface area contributed by atoms with Crippen molar-refractivity contribution < 1.29 is 26.3 Å². The summed E-state index contributed by atoms with van der Waals surface area (Å²) in [6.07, 6.45) is -6.93. The van der Waals surface area contributed by atoms with Gasteiger partial charge in [0.2, 0.25) is 5.95 Å². The Labute approximate surface area is 150 Å². The Hall–Kier alpha value is -2.43. The van der Waals surface area contributed by atoms with Gasteiger partial charge in [-0.15, -0.1) is 0 Å². The van der Waals surface area contributed by atoms with Crippen LogP contribution in [0.2, 0.25) is 0 Å². The largest absolute Gasteiger partial charge is 0.433 e. The van der Waals surface area contributed by atoms with E-state index in [2.05, 4.69) is 30.9 Å². The molecule has 0 unspecified atom stereocenters. The van der Waals surface area contributed by atoms with E-state index < -0.39 is 23.6 Å². The summed E-state index contributed by atoms with van der Waals surface area (Å²) in [4.78, 5) is 11.2. The van der Waals surface area contributed by atoms with Gasteiger partial charge in [-0.05, 0) is 34.1 Å². The molecule has 136 valence electrons. The summed E-state index contributed by atoms with van der Waals surface area (Å²) in [5.41, 5.74) is -2.68. The maximum absolute atomic E-state index is 13.1. The molecule has 0 aliphatic heterocycles. The third-order valence-corrected chi connectivity index (χ3v) is 3.68. The topological polar surface area (TPSA) is 43.6 Å². The number of alkyl halides is 6. The van der Waals surface area contributed by atoms with Crippen molar-refractivity contribution in [3.05, 3.63) is 58.7 Å². The minimum absolute atomic E-state index is 0.117. The van der Waals surface area contributed by atoms with E-state index in [1.807, 2.05) is 0 Å². The van der Waals surface area contributed by atoms with Crippen LogP contribution in [0.15, 0.2) is 47.5 Å². The zero-order chi connectivity index (χ0) is 19.1. The quantitative estimate of drug-likeness (QED) is 0.523. The van der Waals surface area contributed by atoms with Gasteiger partial charge in [-0.25, -0.2) is 15.0 Å². The summed E-state index contributed by atoms with van der Waals surface area (Å²) in [5.74, 6) is -0.370. The lowest BCUT2D eigenvalue weighted by molar-refractivity contribution is -0.141. The summed E-state index contributed by atoms with van der Waals surface area (Å²) >= 11 is 3.05.